The Bertz CT molecular complexity index is 874. The Labute approximate surface area is 156 Å². The molecular formula is C16H11F10N3. The van der Waals surface area contributed by atoms with E-state index in [4.69, 9.17) is 0 Å². The number of halogens is 10. The van der Waals surface area contributed by atoms with Crippen molar-refractivity contribution in [1.82, 2.24) is 9.97 Å². The number of hydrogen-bond donors (Lipinski definition) is 1. The number of nitrogens with zero attached hydrogens (tertiary/aromatic N) is 2. The summed E-state index contributed by atoms with van der Waals surface area (Å²) in [5, 5.41) is 2.51. The lowest BCUT2D eigenvalue weighted by molar-refractivity contribution is -0.360. The smallest absolute Gasteiger partial charge is 0.378 e. The average molecular weight is 435 g/mol. The Morgan fingerprint density at radius 1 is 0.828 bits per heavy atom. The van der Waals surface area contributed by atoms with E-state index < -0.39 is 54.0 Å². The number of hydrogen-bond acceptors (Lipinski definition) is 3. The molecule has 1 aromatic carbocycles. The molecule has 0 atom stereocenters. The molecule has 2 aromatic rings. The van der Waals surface area contributed by atoms with Gasteiger partial charge in [0, 0.05) is 5.69 Å². The Morgan fingerprint density at radius 2 is 1.38 bits per heavy atom. The predicted octanol–water partition coefficient (Wildman–Crippen LogP) is 5.71. The minimum atomic E-state index is -6.72. The summed E-state index contributed by atoms with van der Waals surface area (Å²) in [6.07, 6.45) is -12.1. The maximum Gasteiger partial charge on any atom is 0.460 e. The molecule has 0 radical (unpaired) electrons. The lowest BCUT2D eigenvalue weighted by Crippen LogP contribution is -2.50. The Hall–Kier alpha value is -2.60. The van der Waals surface area contributed by atoms with E-state index in [0.29, 0.717) is 11.3 Å². The molecule has 0 aliphatic heterocycles. The summed E-state index contributed by atoms with van der Waals surface area (Å²) in [6.45, 7) is 0.855. The van der Waals surface area contributed by atoms with E-state index in [2.05, 4.69) is 15.3 Å². The standard InChI is InChI=1S/C16H11F10N3/c1-8-4-2-3-5-9(8)27-7-12-28-10(6-11(29-12)14(19,20)21)13(17,18)15(22,23)16(24,25)26/h2-6,27H,7H2,1H3. The minimum absolute atomic E-state index is 0.336. The first kappa shape index (κ1) is 22.7. The largest absolute Gasteiger partial charge is 0.460 e. The fourth-order valence-electron chi connectivity index (χ4n) is 2.17. The molecule has 1 N–H and O–H groups in total. The number of nitrogens with one attached hydrogen (secondary N) is 1. The molecule has 1 aromatic heterocycles. The van der Waals surface area contributed by atoms with Gasteiger partial charge in [0.15, 0.2) is 0 Å². The van der Waals surface area contributed by atoms with Crippen LogP contribution < -0.4 is 5.32 Å². The minimum Gasteiger partial charge on any atom is -0.378 e. The molecule has 0 fully saturated rings. The van der Waals surface area contributed by atoms with Gasteiger partial charge in [0.05, 0.1) is 6.54 Å². The third-order valence-electron chi connectivity index (χ3n) is 3.72. The molecule has 2 rings (SSSR count). The van der Waals surface area contributed by atoms with Crippen LogP contribution >= 0.6 is 0 Å². The molecule has 0 spiro atoms. The van der Waals surface area contributed by atoms with Crippen molar-refractivity contribution in [2.45, 2.75) is 37.7 Å². The van der Waals surface area contributed by atoms with Crippen LogP contribution in [0.25, 0.3) is 0 Å². The Kier molecular flexibility index (Phi) is 5.74. The maximum atomic E-state index is 13.9. The van der Waals surface area contributed by atoms with Gasteiger partial charge in [-0.25, -0.2) is 9.97 Å². The summed E-state index contributed by atoms with van der Waals surface area (Å²) >= 11 is 0. The topological polar surface area (TPSA) is 37.8 Å². The van der Waals surface area contributed by atoms with Crippen molar-refractivity contribution in [3.63, 3.8) is 0 Å². The highest BCUT2D eigenvalue weighted by Gasteiger charge is 2.74. The highest BCUT2D eigenvalue weighted by atomic mass is 19.4. The van der Waals surface area contributed by atoms with E-state index in [0.717, 1.165) is 0 Å². The molecule has 0 unspecified atom stereocenters. The van der Waals surface area contributed by atoms with Crippen molar-refractivity contribution < 1.29 is 43.9 Å². The van der Waals surface area contributed by atoms with Crippen LogP contribution in [0, 0.1) is 6.92 Å². The normalized spacial score (nSPS) is 13.5. The Morgan fingerprint density at radius 3 is 1.90 bits per heavy atom. The molecule has 0 saturated carbocycles. The molecular weight excluding hydrogens is 424 g/mol. The third kappa shape index (κ3) is 4.53. The van der Waals surface area contributed by atoms with Crippen LogP contribution in [0.4, 0.5) is 49.6 Å². The van der Waals surface area contributed by atoms with Gasteiger partial charge in [-0.1, -0.05) is 18.2 Å². The van der Waals surface area contributed by atoms with E-state index in [9.17, 15) is 43.9 Å². The first-order chi connectivity index (χ1) is 13.1. The maximum absolute atomic E-state index is 13.9. The summed E-state index contributed by atoms with van der Waals surface area (Å²) in [5.74, 6) is -13.8. The molecule has 13 heteroatoms. The molecule has 0 aliphatic rings. The van der Waals surface area contributed by atoms with Crippen molar-refractivity contribution >= 4 is 5.69 Å². The van der Waals surface area contributed by atoms with E-state index in [1.165, 1.54) is 12.1 Å². The first-order valence-corrected chi connectivity index (χ1v) is 7.65. The number of aromatic nitrogens is 2. The summed E-state index contributed by atoms with van der Waals surface area (Å²) in [7, 11) is 0. The molecule has 1 heterocycles. The van der Waals surface area contributed by atoms with Gasteiger partial charge in [-0.3, -0.25) is 0 Å². The second-order valence-electron chi connectivity index (χ2n) is 5.87. The number of rotatable bonds is 5. The van der Waals surface area contributed by atoms with Gasteiger partial charge in [-0.05, 0) is 24.6 Å². The van der Waals surface area contributed by atoms with Gasteiger partial charge in [-0.2, -0.15) is 43.9 Å². The second-order valence-corrected chi connectivity index (χ2v) is 5.87. The average Bonchev–Trinajstić information content (AvgIpc) is 2.59. The van der Waals surface area contributed by atoms with Gasteiger partial charge in [0.25, 0.3) is 0 Å². The number of aryl methyl sites for hydroxylation is 1. The van der Waals surface area contributed by atoms with E-state index in [1.54, 1.807) is 19.1 Å². The highest BCUT2D eigenvalue weighted by molar-refractivity contribution is 5.50. The number of para-hydroxylation sites is 1. The molecule has 0 aliphatic carbocycles. The van der Waals surface area contributed by atoms with Crippen LogP contribution in [0.5, 0.6) is 0 Å². The van der Waals surface area contributed by atoms with Crippen LogP contribution in [0.3, 0.4) is 0 Å². The molecule has 0 saturated heterocycles. The SMILES string of the molecule is Cc1ccccc1NCc1nc(C(F)(F)F)cc(C(F)(F)C(F)(F)C(F)(F)F)n1. The van der Waals surface area contributed by atoms with Crippen molar-refractivity contribution in [2.75, 3.05) is 5.32 Å². The lowest BCUT2D eigenvalue weighted by Gasteiger charge is -2.28. The summed E-state index contributed by atoms with van der Waals surface area (Å²) in [5.41, 5.74) is -3.55. The van der Waals surface area contributed by atoms with Gasteiger partial charge in [-0.15, -0.1) is 0 Å². The molecule has 0 amide bonds. The third-order valence-corrected chi connectivity index (χ3v) is 3.72. The van der Waals surface area contributed by atoms with Crippen molar-refractivity contribution in [1.29, 1.82) is 0 Å². The van der Waals surface area contributed by atoms with Crippen molar-refractivity contribution in [2.24, 2.45) is 0 Å². The summed E-state index contributed by atoms with van der Waals surface area (Å²) in [6, 6.07) is 5.59. The van der Waals surface area contributed by atoms with Gasteiger partial charge in [0.1, 0.15) is 17.2 Å². The number of benzene rings is 1. The van der Waals surface area contributed by atoms with Gasteiger partial charge in [0.2, 0.25) is 0 Å². The van der Waals surface area contributed by atoms with E-state index >= 15 is 0 Å². The second kappa shape index (κ2) is 7.34. The molecule has 160 valence electrons. The fourth-order valence-corrected chi connectivity index (χ4v) is 2.17. The highest BCUT2D eigenvalue weighted by Crippen LogP contribution is 2.51. The zero-order valence-corrected chi connectivity index (χ0v) is 14.3. The predicted molar refractivity (Wildman–Crippen MR) is 80.4 cm³/mol. The first-order valence-electron chi connectivity index (χ1n) is 7.65. The van der Waals surface area contributed by atoms with Crippen molar-refractivity contribution in [3.05, 3.63) is 53.1 Å². The van der Waals surface area contributed by atoms with Crippen LogP contribution in [-0.2, 0) is 18.6 Å². The molecule has 29 heavy (non-hydrogen) atoms. The van der Waals surface area contributed by atoms with Gasteiger partial charge < -0.3 is 5.32 Å². The van der Waals surface area contributed by atoms with Crippen LogP contribution in [-0.4, -0.2) is 22.1 Å². The monoisotopic (exact) mass is 435 g/mol. The number of alkyl halides is 10. The number of anilines is 1. The fraction of sp³-hybridized carbons (Fsp3) is 0.375. The van der Waals surface area contributed by atoms with Crippen LogP contribution in [0.15, 0.2) is 30.3 Å². The zero-order chi connectivity index (χ0) is 22.3. The van der Waals surface area contributed by atoms with Crippen molar-refractivity contribution in [3.8, 4) is 0 Å². The quantitative estimate of drug-likeness (QED) is 0.612. The van der Waals surface area contributed by atoms with E-state index in [-0.39, 0.29) is 0 Å². The van der Waals surface area contributed by atoms with Gasteiger partial charge >= 0.3 is 24.2 Å². The zero-order valence-electron chi connectivity index (χ0n) is 14.3. The Balaban J connectivity index is 2.51. The summed E-state index contributed by atoms with van der Waals surface area (Å²) in [4.78, 5) is 5.79. The molecule has 0 bridgehead atoms. The summed E-state index contributed by atoms with van der Waals surface area (Å²) < 4.78 is 130. The van der Waals surface area contributed by atoms with Crippen LogP contribution in [0.2, 0.25) is 0 Å². The molecule has 3 nitrogen and oxygen atoms in total. The van der Waals surface area contributed by atoms with Crippen LogP contribution in [0.1, 0.15) is 22.8 Å². The lowest BCUT2D eigenvalue weighted by atomic mass is 10.1. The van der Waals surface area contributed by atoms with E-state index in [1.807, 2.05) is 0 Å².